The second-order valence-corrected chi connectivity index (χ2v) is 6.01. The van der Waals surface area contributed by atoms with E-state index in [-0.39, 0.29) is 5.78 Å². The minimum atomic E-state index is -0.961. The van der Waals surface area contributed by atoms with E-state index in [1.807, 2.05) is 66.7 Å². The molecule has 0 aliphatic heterocycles. The Bertz CT molecular complexity index is 948. The van der Waals surface area contributed by atoms with Crippen molar-refractivity contribution in [2.75, 3.05) is 0 Å². The molecule has 3 aromatic rings. The largest absolute Gasteiger partial charge is 0.480 e. The Labute approximate surface area is 151 Å². The monoisotopic (exact) mass is 345 g/mol. The van der Waals surface area contributed by atoms with Crippen LogP contribution < -0.4 is 5.32 Å². The first kappa shape index (κ1) is 17.4. The fourth-order valence-corrected chi connectivity index (χ4v) is 2.75. The highest BCUT2D eigenvalue weighted by Crippen LogP contribution is 2.16. The third-order valence-electron chi connectivity index (χ3n) is 4.15. The van der Waals surface area contributed by atoms with Gasteiger partial charge >= 0.3 is 5.97 Å². The second-order valence-electron chi connectivity index (χ2n) is 6.01. The number of nitrogens with one attached hydrogen (secondary N) is 1. The lowest BCUT2D eigenvalue weighted by atomic mass is 10.0. The van der Waals surface area contributed by atoms with Gasteiger partial charge in [0.2, 0.25) is 0 Å². The Balaban J connectivity index is 1.66. The van der Waals surface area contributed by atoms with Crippen molar-refractivity contribution in [3.8, 4) is 0 Å². The third kappa shape index (κ3) is 4.36. The first-order valence-corrected chi connectivity index (χ1v) is 8.36. The highest BCUT2D eigenvalue weighted by Gasteiger charge is 2.16. The first-order valence-electron chi connectivity index (χ1n) is 8.36. The Morgan fingerprint density at radius 3 is 2.35 bits per heavy atom. The van der Waals surface area contributed by atoms with E-state index in [2.05, 4.69) is 5.32 Å². The molecular weight excluding hydrogens is 326 g/mol. The standard InChI is InChI=1S/C22H19NO3/c24-21(19-11-10-17-8-4-5-9-18(17)15-19)12-13-23-20(22(25)26)14-16-6-2-1-3-7-16/h1-13,15,20,23H,14H2,(H,25,26)/b13-12-. The molecule has 1 atom stereocenters. The molecular formula is C22H19NO3. The van der Waals surface area contributed by atoms with E-state index in [4.69, 9.17) is 0 Å². The maximum absolute atomic E-state index is 12.3. The fraction of sp³-hybridized carbons (Fsp3) is 0.0909. The molecule has 0 bridgehead atoms. The zero-order valence-corrected chi connectivity index (χ0v) is 14.1. The number of benzene rings is 3. The predicted molar refractivity (Wildman–Crippen MR) is 102 cm³/mol. The molecule has 0 radical (unpaired) electrons. The van der Waals surface area contributed by atoms with Crippen molar-refractivity contribution < 1.29 is 14.7 Å². The van der Waals surface area contributed by atoms with Crippen molar-refractivity contribution in [2.24, 2.45) is 0 Å². The number of allylic oxidation sites excluding steroid dienone is 1. The summed E-state index contributed by atoms with van der Waals surface area (Å²) in [5.41, 5.74) is 1.48. The maximum atomic E-state index is 12.3. The van der Waals surface area contributed by atoms with E-state index < -0.39 is 12.0 Å². The number of rotatable bonds is 7. The molecule has 0 amide bonds. The van der Waals surface area contributed by atoms with E-state index in [1.165, 1.54) is 12.3 Å². The van der Waals surface area contributed by atoms with Crippen molar-refractivity contribution in [3.05, 3.63) is 96.2 Å². The molecule has 0 aliphatic carbocycles. The Morgan fingerprint density at radius 1 is 0.923 bits per heavy atom. The molecule has 0 heterocycles. The van der Waals surface area contributed by atoms with Gasteiger partial charge in [0.1, 0.15) is 6.04 Å². The van der Waals surface area contributed by atoms with Gasteiger partial charge in [0.25, 0.3) is 0 Å². The first-order chi connectivity index (χ1) is 12.6. The summed E-state index contributed by atoms with van der Waals surface area (Å²) in [5.74, 6) is -1.14. The number of carboxylic acid groups (broad SMARTS) is 1. The number of carboxylic acids is 1. The highest BCUT2D eigenvalue weighted by atomic mass is 16.4. The van der Waals surface area contributed by atoms with E-state index in [0.29, 0.717) is 12.0 Å². The lowest BCUT2D eigenvalue weighted by Crippen LogP contribution is -2.35. The van der Waals surface area contributed by atoms with Crippen LogP contribution in [0.3, 0.4) is 0 Å². The summed E-state index contributed by atoms with van der Waals surface area (Å²) < 4.78 is 0. The van der Waals surface area contributed by atoms with Crippen LogP contribution in [0.4, 0.5) is 0 Å². The number of hydrogen-bond donors (Lipinski definition) is 2. The summed E-state index contributed by atoms with van der Waals surface area (Å²) in [6.07, 6.45) is 3.12. The predicted octanol–water partition coefficient (Wildman–Crippen LogP) is 3.82. The molecule has 2 N–H and O–H groups in total. The smallest absolute Gasteiger partial charge is 0.326 e. The number of carbonyl (C=O) groups is 2. The quantitative estimate of drug-likeness (QED) is 0.505. The maximum Gasteiger partial charge on any atom is 0.326 e. The molecule has 0 saturated carbocycles. The molecule has 26 heavy (non-hydrogen) atoms. The van der Waals surface area contributed by atoms with Gasteiger partial charge in [-0.25, -0.2) is 4.79 Å². The molecule has 3 rings (SSSR count). The normalized spacial score (nSPS) is 12.2. The summed E-state index contributed by atoms with van der Waals surface area (Å²) >= 11 is 0. The molecule has 130 valence electrons. The number of fused-ring (bicyclic) bond motifs is 1. The van der Waals surface area contributed by atoms with Crippen LogP contribution in [-0.2, 0) is 11.2 Å². The van der Waals surface area contributed by atoms with Crippen LogP contribution in [0.1, 0.15) is 15.9 Å². The fourth-order valence-electron chi connectivity index (χ4n) is 2.75. The van der Waals surface area contributed by atoms with Crippen molar-refractivity contribution in [1.82, 2.24) is 5.32 Å². The van der Waals surface area contributed by atoms with Gasteiger partial charge in [-0.2, -0.15) is 0 Å². The summed E-state index contributed by atoms with van der Waals surface area (Å²) in [6, 6.07) is 21.9. The molecule has 0 aliphatic rings. The SMILES string of the molecule is O=C(/C=C\NC(Cc1ccccc1)C(=O)O)c1ccc2ccccc2c1. The van der Waals surface area contributed by atoms with Crippen molar-refractivity contribution >= 4 is 22.5 Å². The number of aliphatic carboxylic acids is 1. The zero-order chi connectivity index (χ0) is 18.4. The summed E-state index contributed by atoms with van der Waals surface area (Å²) in [7, 11) is 0. The number of carbonyl (C=O) groups excluding carboxylic acids is 1. The van der Waals surface area contributed by atoms with Gasteiger partial charge in [-0.05, 0) is 22.4 Å². The molecule has 4 nitrogen and oxygen atoms in total. The number of ketones is 1. The Hall–Kier alpha value is -3.40. The molecule has 1 unspecified atom stereocenters. The summed E-state index contributed by atoms with van der Waals surface area (Å²) in [6.45, 7) is 0. The van der Waals surface area contributed by atoms with E-state index in [9.17, 15) is 14.7 Å². The van der Waals surface area contributed by atoms with Crippen molar-refractivity contribution in [2.45, 2.75) is 12.5 Å². The van der Waals surface area contributed by atoms with E-state index in [1.54, 1.807) is 6.07 Å². The molecule has 3 aromatic carbocycles. The topological polar surface area (TPSA) is 66.4 Å². The van der Waals surface area contributed by atoms with Gasteiger partial charge < -0.3 is 10.4 Å². The minimum Gasteiger partial charge on any atom is -0.480 e. The van der Waals surface area contributed by atoms with Crippen LogP contribution in [0.25, 0.3) is 10.8 Å². The van der Waals surface area contributed by atoms with Gasteiger partial charge in [-0.15, -0.1) is 0 Å². The van der Waals surface area contributed by atoms with Crippen LogP contribution in [0.15, 0.2) is 85.1 Å². The summed E-state index contributed by atoms with van der Waals surface area (Å²) in [5, 5.41) is 14.2. The van der Waals surface area contributed by atoms with Crippen LogP contribution in [0.2, 0.25) is 0 Å². The Morgan fingerprint density at radius 2 is 1.62 bits per heavy atom. The minimum absolute atomic E-state index is 0.174. The van der Waals surface area contributed by atoms with Crippen molar-refractivity contribution in [3.63, 3.8) is 0 Å². The molecule has 4 heteroatoms. The van der Waals surface area contributed by atoms with Gasteiger partial charge in [0, 0.05) is 24.3 Å². The lowest BCUT2D eigenvalue weighted by Gasteiger charge is -2.12. The average molecular weight is 345 g/mol. The molecule has 0 aromatic heterocycles. The van der Waals surface area contributed by atoms with Crippen LogP contribution in [-0.4, -0.2) is 22.9 Å². The summed E-state index contributed by atoms with van der Waals surface area (Å²) in [4.78, 5) is 23.7. The van der Waals surface area contributed by atoms with E-state index in [0.717, 1.165) is 16.3 Å². The van der Waals surface area contributed by atoms with E-state index >= 15 is 0 Å². The van der Waals surface area contributed by atoms with Crippen molar-refractivity contribution in [1.29, 1.82) is 0 Å². The Kier molecular flexibility index (Phi) is 5.44. The molecule has 0 spiro atoms. The van der Waals surface area contributed by atoms with Crippen LogP contribution >= 0.6 is 0 Å². The van der Waals surface area contributed by atoms with Crippen LogP contribution in [0, 0.1) is 0 Å². The zero-order valence-electron chi connectivity index (χ0n) is 14.1. The van der Waals surface area contributed by atoms with Gasteiger partial charge in [0.15, 0.2) is 5.78 Å². The highest BCUT2D eigenvalue weighted by molar-refractivity contribution is 6.06. The van der Waals surface area contributed by atoms with Crippen LogP contribution in [0.5, 0.6) is 0 Å². The molecule has 0 fully saturated rings. The number of hydrogen-bond acceptors (Lipinski definition) is 3. The van der Waals surface area contributed by atoms with Gasteiger partial charge in [-0.1, -0.05) is 66.7 Å². The van der Waals surface area contributed by atoms with Gasteiger partial charge in [-0.3, -0.25) is 4.79 Å². The lowest BCUT2D eigenvalue weighted by molar-refractivity contribution is -0.139. The van der Waals surface area contributed by atoms with Gasteiger partial charge in [0.05, 0.1) is 0 Å². The molecule has 0 saturated heterocycles. The average Bonchev–Trinajstić information content (AvgIpc) is 2.67. The second kappa shape index (κ2) is 8.12. The third-order valence-corrected chi connectivity index (χ3v) is 4.15.